The molecule has 5 nitrogen and oxygen atoms in total. The van der Waals surface area contributed by atoms with Crippen LogP contribution in [0.3, 0.4) is 0 Å². The van der Waals surface area contributed by atoms with Crippen molar-refractivity contribution in [3.63, 3.8) is 0 Å². The van der Waals surface area contributed by atoms with Gasteiger partial charge in [-0.15, -0.1) is 0 Å². The highest BCUT2D eigenvalue weighted by molar-refractivity contribution is 7.89. The van der Waals surface area contributed by atoms with Crippen molar-refractivity contribution in [3.8, 4) is 0 Å². The standard InChI is InChI=1S/C16H16ClFN2O3S/c1-19-24(22,23)15-9-11(7-8-13(15)17)16(21)20(2)10-12-5-3-4-6-14(12)18/h3-9,19H,10H2,1-2H3. The first-order valence-electron chi connectivity index (χ1n) is 6.98. The lowest BCUT2D eigenvalue weighted by atomic mass is 10.1. The SMILES string of the molecule is CNS(=O)(=O)c1cc(C(=O)N(C)Cc2ccccc2F)ccc1Cl. The van der Waals surface area contributed by atoms with Crippen molar-refractivity contribution in [2.45, 2.75) is 11.4 Å². The van der Waals surface area contributed by atoms with Crippen molar-refractivity contribution < 1.29 is 17.6 Å². The minimum atomic E-state index is -3.79. The maximum absolute atomic E-state index is 13.7. The Morgan fingerprint density at radius 1 is 1.25 bits per heavy atom. The second-order valence-electron chi connectivity index (χ2n) is 5.11. The van der Waals surface area contributed by atoms with Gasteiger partial charge < -0.3 is 4.90 Å². The third-order valence-corrected chi connectivity index (χ3v) is 5.34. The van der Waals surface area contributed by atoms with Gasteiger partial charge in [0.25, 0.3) is 5.91 Å². The van der Waals surface area contributed by atoms with Crippen molar-refractivity contribution in [1.82, 2.24) is 9.62 Å². The number of sulfonamides is 1. The molecule has 1 amide bonds. The second-order valence-corrected chi connectivity index (χ2v) is 7.37. The second kappa shape index (κ2) is 7.29. The highest BCUT2D eigenvalue weighted by Crippen LogP contribution is 2.23. The predicted octanol–water partition coefficient (Wildman–Crippen LogP) is 2.66. The van der Waals surface area contributed by atoms with Gasteiger partial charge >= 0.3 is 0 Å². The molecule has 2 aromatic rings. The Bertz CT molecular complexity index is 871. The molecule has 2 aromatic carbocycles. The first kappa shape index (κ1) is 18.4. The van der Waals surface area contributed by atoms with Gasteiger partial charge in [0.2, 0.25) is 10.0 Å². The highest BCUT2D eigenvalue weighted by Gasteiger charge is 2.20. The quantitative estimate of drug-likeness (QED) is 0.879. The van der Waals surface area contributed by atoms with Gasteiger partial charge in [0.05, 0.1) is 5.02 Å². The molecule has 0 saturated heterocycles. The fraction of sp³-hybridized carbons (Fsp3) is 0.188. The molecular formula is C16H16ClFN2O3S. The monoisotopic (exact) mass is 370 g/mol. The fourth-order valence-electron chi connectivity index (χ4n) is 2.13. The largest absolute Gasteiger partial charge is 0.337 e. The van der Waals surface area contributed by atoms with Crippen LogP contribution in [0.4, 0.5) is 4.39 Å². The molecule has 8 heteroatoms. The molecule has 0 radical (unpaired) electrons. The summed E-state index contributed by atoms with van der Waals surface area (Å²) in [5, 5.41) is 0.0117. The lowest BCUT2D eigenvalue weighted by Crippen LogP contribution is -2.27. The van der Waals surface area contributed by atoms with Crippen molar-refractivity contribution in [2.24, 2.45) is 0 Å². The van der Waals surface area contributed by atoms with Gasteiger partial charge in [-0.25, -0.2) is 17.5 Å². The minimum absolute atomic E-state index is 0.0117. The van der Waals surface area contributed by atoms with Crippen molar-refractivity contribution in [1.29, 1.82) is 0 Å². The van der Waals surface area contributed by atoms with Gasteiger partial charge in [0, 0.05) is 24.7 Å². The van der Waals surface area contributed by atoms with E-state index < -0.39 is 21.7 Å². The van der Waals surface area contributed by atoms with E-state index in [4.69, 9.17) is 11.6 Å². The molecule has 0 bridgehead atoms. The lowest BCUT2D eigenvalue weighted by Gasteiger charge is -2.18. The predicted molar refractivity (Wildman–Crippen MR) is 89.9 cm³/mol. The molecule has 0 fully saturated rings. The lowest BCUT2D eigenvalue weighted by molar-refractivity contribution is 0.0783. The average molecular weight is 371 g/mol. The van der Waals surface area contributed by atoms with Crippen molar-refractivity contribution in [3.05, 3.63) is 64.4 Å². The minimum Gasteiger partial charge on any atom is -0.337 e. The summed E-state index contributed by atoms with van der Waals surface area (Å²) in [6.07, 6.45) is 0. The van der Waals surface area contributed by atoms with E-state index in [1.807, 2.05) is 0 Å². The van der Waals surface area contributed by atoms with Crippen LogP contribution >= 0.6 is 11.6 Å². The Kier molecular flexibility index (Phi) is 5.58. The van der Waals surface area contributed by atoms with Crippen LogP contribution in [0.25, 0.3) is 0 Å². The normalized spacial score (nSPS) is 11.3. The number of hydrogen-bond acceptors (Lipinski definition) is 3. The van der Waals surface area contributed by atoms with Gasteiger partial charge in [-0.05, 0) is 31.3 Å². The molecule has 24 heavy (non-hydrogen) atoms. The van der Waals surface area contributed by atoms with Gasteiger partial charge in [-0.2, -0.15) is 0 Å². The third-order valence-electron chi connectivity index (χ3n) is 3.45. The summed E-state index contributed by atoms with van der Waals surface area (Å²) in [6, 6.07) is 10.1. The van der Waals surface area contributed by atoms with Crippen LogP contribution in [0.5, 0.6) is 0 Å². The Hall–Kier alpha value is -1.96. The topological polar surface area (TPSA) is 66.5 Å². The van der Waals surface area contributed by atoms with E-state index >= 15 is 0 Å². The van der Waals surface area contributed by atoms with E-state index in [1.165, 1.54) is 43.3 Å². The molecule has 2 rings (SSSR count). The number of benzene rings is 2. The maximum atomic E-state index is 13.7. The molecule has 0 atom stereocenters. The summed E-state index contributed by atoms with van der Waals surface area (Å²) in [6.45, 7) is 0.0578. The van der Waals surface area contributed by atoms with E-state index in [9.17, 15) is 17.6 Å². The van der Waals surface area contributed by atoms with E-state index in [-0.39, 0.29) is 22.0 Å². The zero-order valence-corrected chi connectivity index (χ0v) is 14.7. The Balaban J connectivity index is 2.30. The third kappa shape index (κ3) is 3.92. The number of rotatable bonds is 5. The average Bonchev–Trinajstić information content (AvgIpc) is 2.56. The summed E-state index contributed by atoms with van der Waals surface area (Å²) in [5.41, 5.74) is 0.512. The maximum Gasteiger partial charge on any atom is 0.253 e. The first-order valence-corrected chi connectivity index (χ1v) is 8.84. The number of nitrogens with zero attached hydrogens (tertiary/aromatic N) is 1. The number of halogens is 2. The molecule has 0 aliphatic carbocycles. The molecule has 128 valence electrons. The summed E-state index contributed by atoms with van der Waals surface area (Å²) in [5.74, 6) is -0.853. The number of amides is 1. The number of hydrogen-bond donors (Lipinski definition) is 1. The fourth-order valence-corrected chi connectivity index (χ4v) is 3.38. The van der Waals surface area contributed by atoms with E-state index in [0.29, 0.717) is 5.56 Å². The van der Waals surface area contributed by atoms with Crippen molar-refractivity contribution in [2.75, 3.05) is 14.1 Å². The van der Waals surface area contributed by atoms with Gasteiger partial charge in [0.1, 0.15) is 10.7 Å². The van der Waals surface area contributed by atoms with E-state index in [2.05, 4.69) is 4.72 Å². The molecule has 0 saturated carbocycles. The van der Waals surface area contributed by atoms with Crippen molar-refractivity contribution >= 4 is 27.5 Å². The molecule has 0 heterocycles. The van der Waals surface area contributed by atoms with Crippen LogP contribution in [-0.2, 0) is 16.6 Å². The van der Waals surface area contributed by atoms with Crippen LogP contribution in [0.15, 0.2) is 47.4 Å². The smallest absolute Gasteiger partial charge is 0.253 e. The molecule has 0 aromatic heterocycles. The summed E-state index contributed by atoms with van der Waals surface area (Å²) in [7, 11) is -1.02. The van der Waals surface area contributed by atoms with Gasteiger partial charge in [-0.1, -0.05) is 29.8 Å². The van der Waals surface area contributed by atoms with Crippen LogP contribution < -0.4 is 4.72 Å². The van der Waals surface area contributed by atoms with E-state index in [0.717, 1.165) is 0 Å². The number of nitrogens with one attached hydrogen (secondary N) is 1. The number of carbonyl (C=O) groups excluding carboxylic acids is 1. The zero-order valence-electron chi connectivity index (χ0n) is 13.1. The van der Waals surface area contributed by atoms with Crippen LogP contribution in [0, 0.1) is 5.82 Å². The Morgan fingerprint density at radius 3 is 2.54 bits per heavy atom. The molecule has 0 unspecified atom stereocenters. The first-order chi connectivity index (χ1) is 11.3. The summed E-state index contributed by atoms with van der Waals surface area (Å²) >= 11 is 5.90. The van der Waals surface area contributed by atoms with Gasteiger partial charge in [-0.3, -0.25) is 4.79 Å². The summed E-state index contributed by atoms with van der Waals surface area (Å²) in [4.78, 5) is 13.6. The zero-order chi connectivity index (χ0) is 17.9. The van der Waals surface area contributed by atoms with Crippen LogP contribution in [-0.4, -0.2) is 33.3 Å². The van der Waals surface area contributed by atoms with Crippen LogP contribution in [0.2, 0.25) is 5.02 Å². The highest BCUT2D eigenvalue weighted by atomic mass is 35.5. The molecule has 1 N–H and O–H groups in total. The number of carbonyl (C=O) groups is 1. The Labute approximate surface area is 145 Å². The van der Waals surface area contributed by atoms with Crippen LogP contribution in [0.1, 0.15) is 15.9 Å². The Morgan fingerprint density at radius 2 is 1.92 bits per heavy atom. The summed E-state index contributed by atoms with van der Waals surface area (Å²) < 4.78 is 39.7. The molecule has 0 spiro atoms. The molecule has 0 aliphatic rings. The molecule has 0 aliphatic heterocycles. The molecular weight excluding hydrogens is 355 g/mol. The van der Waals surface area contributed by atoms with Gasteiger partial charge in [0.15, 0.2) is 0 Å². The van der Waals surface area contributed by atoms with E-state index in [1.54, 1.807) is 18.2 Å².